The van der Waals surface area contributed by atoms with Crippen LogP contribution in [0.25, 0.3) is 10.9 Å². The van der Waals surface area contributed by atoms with Crippen LogP contribution in [0.1, 0.15) is 10.4 Å². The van der Waals surface area contributed by atoms with Crippen molar-refractivity contribution in [2.45, 2.75) is 4.90 Å². The highest BCUT2D eigenvalue weighted by Crippen LogP contribution is 2.30. The van der Waals surface area contributed by atoms with E-state index >= 15 is 0 Å². The Morgan fingerprint density at radius 3 is 2.95 bits per heavy atom. The molecule has 0 bridgehead atoms. The number of amides is 1. The SMILES string of the molecule is CSc1ccc2ncc(C(=O)NC3=NCCS3)c(O)c2c1.Cl. The molecule has 0 fully saturated rings. The van der Waals surface area contributed by atoms with Gasteiger partial charge in [-0.1, -0.05) is 11.8 Å². The van der Waals surface area contributed by atoms with Crippen molar-refractivity contribution in [3.05, 3.63) is 30.0 Å². The highest BCUT2D eigenvalue weighted by molar-refractivity contribution is 8.14. The van der Waals surface area contributed by atoms with Gasteiger partial charge in [0.2, 0.25) is 0 Å². The molecule has 0 atom stereocenters. The predicted molar refractivity (Wildman–Crippen MR) is 94.7 cm³/mol. The van der Waals surface area contributed by atoms with Crippen molar-refractivity contribution < 1.29 is 9.90 Å². The summed E-state index contributed by atoms with van der Waals surface area (Å²) in [5.41, 5.74) is 0.824. The standard InChI is InChI=1S/C14H13N3O2S2.ClH/c1-20-8-2-3-11-9(6-8)12(18)10(7-16-11)13(19)17-14-15-4-5-21-14;/h2-3,6-7H,4-5H2,1H3,(H,16,18)(H,15,17,19);1H. The molecule has 0 spiro atoms. The molecule has 5 nitrogen and oxygen atoms in total. The molecule has 2 N–H and O–H groups in total. The van der Waals surface area contributed by atoms with Gasteiger partial charge in [0.15, 0.2) is 5.17 Å². The summed E-state index contributed by atoms with van der Waals surface area (Å²) in [5, 5.41) is 14.2. The average molecular weight is 356 g/mol. The van der Waals surface area contributed by atoms with Gasteiger partial charge in [0.05, 0.1) is 12.1 Å². The Labute approximate surface area is 142 Å². The Balaban J connectivity index is 0.00000176. The second kappa shape index (κ2) is 7.21. The number of carbonyl (C=O) groups excluding carboxylic acids is 1. The van der Waals surface area contributed by atoms with E-state index in [4.69, 9.17) is 0 Å². The number of fused-ring (bicyclic) bond motifs is 1. The van der Waals surface area contributed by atoms with Gasteiger partial charge >= 0.3 is 0 Å². The summed E-state index contributed by atoms with van der Waals surface area (Å²) >= 11 is 3.06. The molecule has 0 unspecified atom stereocenters. The van der Waals surface area contributed by atoms with Crippen LogP contribution in [0.2, 0.25) is 0 Å². The molecule has 2 heterocycles. The molecule has 1 aromatic heterocycles. The number of rotatable bonds is 2. The summed E-state index contributed by atoms with van der Waals surface area (Å²) in [4.78, 5) is 21.6. The number of halogens is 1. The third-order valence-electron chi connectivity index (χ3n) is 3.10. The fraction of sp³-hybridized carbons (Fsp3) is 0.214. The summed E-state index contributed by atoms with van der Waals surface area (Å²) in [5.74, 6) is 0.441. The molecular formula is C14H14ClN3O2S2. The largest absolute Gasteiger partial charge is 0.506 e. The van der Waals surface area contributed by atoms with E-state index in [0.717, 1.165) is 10.6 Å². The van der Waals surface area contributed by atoms with Crippen molar-refractivity contribution in [3.8, 4) is 5.75 Å². The second-order valence-electron chi connectivity index (χ2n) is 4.39. The number of pyridine rings is 1. The lowest BCUT2D eigenvalue weighted by atomic mass is 10.1. The number of hydrogen-bond acceptors (Lipinski definition) is 6. The lowest BCUT2D eigenvalue weighted by molar-refractivity contribution is 0.0975. The van der Waals surface area contributed by atoms with Gasteiger partial charge in [-0.05, 0) is 24.5 Å². The van der Waals surface area contributed by atoms with Gasteiger partial charge < -0.3 is 10.4 Å². The average Bonchev–Trinajstić information content (AvgIpc) is 3.00. The first-order chi connectivity index (χ1) is 10.2. The number of benzene rings is 1. The van der Waals surface area contributed by atoms with Gasteiger partial charge in [-0.25, -0.2) is 0 Å². The van der Waals surface area contributed by atoms with Crippen molar-refractivity contribution in [1.82, 2.24) is 10.3 Å². The van der Waals surface area contributed by atoms with Crippen LogP contribution in [0.5, 0.6) is 5.75 Å². The first kappa shape index (κ1) is 16.9. The fourth-order valence-corrected chi connectivity index (χ4v) is 3.19. The highest BCUT2D eigenvalue weighted by Gasteiger charge is 2.18. The van der Waals surface area contributed by atoms with Crippen LogP contribution in [-0.4, -0.2) is 39.7 Å². The Hall–Kier alpha value is -1.44. The van der Waals surface area contributed by atoms with Crippen molar-refractivity contribution in [3.63, 3.8) is 0 Å². The molecular weight excluding hydrogens is 342 g/mol. The van der Waals surface area contributed by atoms with Gasteiger partial charge in [-0.2, -0.15) is 0 Å². The van der Waals surface area contributed by atoms with Gasteiger partial charge in [-0.3, -0.25) is 14.8 Å². The molecule has 1 aliphatic heterocycles. The van der Waals surface area contributed by atoms with Gasteiger partial charge in [0.1, 0.15) is 11.3 Å². The van der Waals surface area contributed by atoms with Crippen LogP contribution >= 0.6 is 35.9 Å². The first-order valence-corrected chi connectivity index (χ1v) is 8.54. The molecule has 0 saturated heterocycles. The Bertz CT molecular complexity index is 752. The third-order valence-corrected chi connectivity index (χ3v) is 4.71. The van der Waals surface area contributed by atoms with Crippen molar-refractivity contribution in [2.24, 2.45) is 4.99 Å². The smallest absolute Gasteiger partial charge is 0.262 e. The number of thioether (sulfide) groups is 2. The van der Waals surface area contributed by atoms with Crippen LogP contribution in [-0.2, 0) is 0 Å². The summed E-state index contributed by atoms with van der Waals surface area (Å²) in [6.07, 6.45) is 3.35. The molecule has 2 aromatic rings. The zero-order chi connectivity index (χ0) is 14.8. The van der Waals surface area contributed by atoms with Crippen LogP contribution in [0.4, 0.5) is 0 Å². The van der Waals surface area contributed by atoms with E-state index in [9.17, 15) is 9.90 Å². The molecule has 116 valence electrons. The Kier molecular flexibility index (Phi) is 5.55. The van der Waals surface area contributed by atoms with Crippen LogP contribution in [0.15, 0.2) is 34.3 Å². The van der Waals surface area contributed by atoms with E-state index in [1.54, 1.807) is 11.8 Å². The van der Waals surface area contributed by atoms with Crippen molar-refractivity contribution in [1.29, 1.82) is 0 Å². The lowest BCUT2D eigenvalue weighted by Crippen LogP contribution is -2.27. The number of aromatic hydroxyl groups is 1. The topological polar surface area (TPSA) is 74.6 Å². The molecule has 22 heavy (non-hydrogen) atoms. The van der Waals surface area contributed by atoms with E-state index in [0.29, 0.717) is 22.6 Å². The normalized spacial score (nSPS) is 13.6. The number of carbonyl (C=O) groups is 1. The Morgan fingerprint density at radius 2 is 2.27 bits per heavy atom. The highest BCUT2D eigenvalue weighted by atomic mass is 35.5. The number of aliphatic imine (C=N–C) groups is 1. The number of hydrogen-bond donors (Lipinski definition) is 2. The van der Waals surface area contributed by atoms with Gasteiger partial charge in [-0.15, -0.1) is 24.2 Å². The maximum Gasteiger partial charge on any atom is 0.262 e. The van der Waals surface area contributed by atoms with E-state index in [1.807, 2.05) is 24.5 Å². The summed E-state index contributed by atoms with van der Waals surface area (Å²) in [7, 11) is 0. The fourth-order valence-electron chi connectivity index (χ4n) is 2.03. The molecule has 1 amide bonds. The number of nitrogens with one attached hydrogen (secondary N) is 1. The van der Waals surface area contributed by atoms with Gasteiger partial charge in [0.25, 0.3) is 5.91 Å². The summed E-state index contributed by atoms with van der Waals surface area (Å²) < 4.78 is 0. The van der Waals surface area contributed by atoms with E-state index in [2.05, 4.69) is 15.3 Å². The zero-order valence-corrected chi connectivity index (χ0v) is 14.1. The maximum atomic E-state index is 12.2. The number of amidine groups is 1. The quantitative estimate of drug-likeness (QED) is 0.810. The zero-order valence-electron chi connectivity index (χ0n) is 11.7. The minimum Gasteiger partial charge on any atom is -0.506 e. The van der Waals surface area contributed by atoms with Crippen molar-refractivity contribution >= 4 is 57.9 Å². The van der Waals surface area contributed by atoms with Crippen LogP contribution in [0.3, 0.4) is 0 Å². The van der Waals surface area contributed by atoms with Crippen molar-refractivity contribution in [2.75, 3.05) is 18.6 Å². The maximum absolute atomic E-state index is 12.2. The minimum atomic E-state index is -0.385. The van der Waals surface area contributed by atoms with Crippen LogP contribution in [0, 0.1) is 0 Å². The van der Waals surface area contributed by atoms with Crippen LogP contribution < -0.4 is 5.32 Å². The molecule has 0 saturated carbocycles. The first-order valence-electron chi connectivity index (χ1n) is 6.33. The van der Waals surface area contributed by atoms with E-state index in [-0.39, 0.29) is 29.6 Å². The lowest BCUT2D eigenvalue weighted by Gasteiger charge is -2.08. The number of nitrogens with zero attached hydrogens (tertiary/aromatic N) is 2. The molecule has 0 radical (unpaired) electrons. The Morgan fingerprint density at radius 1 is 1.45 bits per heavy atom. The minimum absolute atomic E-state index is 0. The van der Waals surface area contributed by atoms with E-state index in [1.165, 1.54) is 18.0 Å². The molecule has 1 aliphatic rings. The number of aromatic nitrogens is 1. The predicted octanol–water partition coefficient (Wildman–Crippen LogP) is 2.92. The molecule has 8 heteroatoms. The second-order valence-corrected chi connectivity index (χ2v) is 6.36. The van der Waals surface area contributed by atoms with Gasteiger partial charge in [0, 0.05) is 22.2 Å². The summed E-state index contributed by atoms with van der Waals surface area (Å²) in [6.45, 7) is 0.708. The molecule has 3 rings (SSSR count). The molecule has 0 aliphatic carbocycles. The molecule has 1 aromatic carbocycles. The third kappa shape index (κ3) is 3.31. The van der Waals surface area contributed by atoms with E-state index < -0.39 is 0 Å². The monoisotopic (exact) mass is 355 g/mol. The summed E-state index contributed by atoms with van der Waals surface area (Å²) in [6, 6.07) is 5.60.